The number of rotatable bonds is 2. The van der Waals surface area contributed by atoms with Crippen molar-refractivity contribution in [2.45, 2.75) is 31.8 Å². The maximum atomic E-state index is 9.26. The number of likely N-dealkylation sites (tertiary alicyclic amines) is 1. The molecule has 2 heteroatoms. The fraction of sp³-hybridized carbons (Fsp3) is 1.00. The zero-order chi connectivity index (χ0) is 7.68. The van der Waals surface area contributed by atoms with Crippen LogP contribution in [0.5, 0.6) is 0 Å². The highest BCUT2D eigenvalue weighted by Gasteiger charge is 2.25. The highest BCUT2D eigenvalue weighted by molar-refractivity contribution is 4.79. The monoisotopic (exact) mass is 155 g/mol. The molecule has 0 aromatic carbocycles. The van der Waals surface area contributed by atoms with Gasteiger partial charge in [-0.1, -0.05) is 6.42 Å². The van der Waals surface area contributed by atoms with E-state index in [1.807, 2.05) is 0 Å². The number of aliphatic hydroxyl groups is 1. The van der Waals surface area contributed by atoms with Crippen LogP contribution in [0, 0.1) is 5.92 Å². The van der Waals surface area contributed by atoms with Crippen molar-refractivity contribution >= 4 is 0 Å². The van der Waals surface area contributed by atoms with Crippen LogP contribution < -0.4 is 0 Å². The molecule has 1 N–H and O–H groups in total. The third-order valence-electron chi connectivity index (χ3n) is 2.99. The Labute approximate surface area is 68.2 Å². The Kier molecular flexibility index (Phi) is 2.14. The second-order valence-corrected chi connectivity index (χ2v) is 4.00. The number of nitrogens with zero attached hydrogens (tertiary/aromatic N) is 1. The van der Waals surface area contributed by atoms with Gasteiger partial charge in [0.05, 0.1) is 6.10 Å². The van der Waals surface area contributed by atoms with Gasteiger partial charge >= 0.3 is 0 Å². The molecule has 0 spiro atoms. The average Bonchev–Trinajstić information content (AvgIpc) is 2.27. The standard InChI is InChI=1S/C9H17NO/c11-9-4-5-10(7-9)6-8-2-1-3-8/h8-9,11H,1-7H2/t9-/m1/s1. The van der Waals surface area contributed by atoms with Crippen molar-refractivity contribution in [2.75, 3.05) is 19.6 Å². The minimum atomic E-state index is -0.0323. The molecular weight excluding hydrogens is 138 g/mol. The van der Waals surface area contributed by atoms with E-state index in [1.165, 1.54) is 25.8 Å². The summed E-state index contributed by atoms with van der Waals surface area (Å²) in [5, 5.41) is 9.26. The molecule has 64 valence electrons. The van der Waals surface area contributed by atoms with Gasteiger partial charge in [-0.3, -0.25) is 0 Å². The highest BCUT2D eigenvalue weighted by atomic mass is 16.3. The SMILES string of the molecule is O[C@@H]1CCN(CC2CCC2)C1. The summed E-state index contributed by atoms with van der Waals surface area (Å²) in [6, 6.07) is 0. The predicted molar refractivity (Wildman–Crippen MR) is 44.4 cm³/mol. The molecule has 0 radical (unpaired) electrons. The van der Waals surface area contributed by atoms with Crippen molar-refractivity contribution in [2.24, 2.45) is 5.92 Å². The second-order valence-electron chi connectivity index (χ2n) is 4.00. The van der Waals surface area contributed by atoms with Gasteiger partial charge in [0.2, 0.25) is 0 Å². The van der Waals surface area contributed by atoms with Gasteiger partial charge in [0.1, 0.15) is 0 Å². The van der Waals surface area contributed by atoms with Gasteiger partial charge < -0.3 is 10.0 Å². The van der Waals surface area contributed by atoms with E-state index < -0.39 is 0 Å². The first-order valence-electron chi connectivity index (χ1n) is 4.75. The smallest absolute Gasteiger partial charge is 0.0679 e. The molecule has 1 saturated heterocycles. The summed E-state index contributed by atoms with van der Waals surface area (Å²) >= 11 is 0. The van der Waals surface area contributed by atoms with Gasteiger partial charge in [-0.2, -0.15) is 0 Å². The Hall–Kier alpha value is -0.0800. The van der Waals surface area contributed by atoms with Crippen molar-refractivity contribution in [3.05, 3.63) is 0 Å². The molecule has 1 atom stereocenters. The molecule has 2 nitrogen and oxygen atoms in total. The summed E-state index contributed by atoms with van der Waals surface area (Å²) in [7, 11) is 0. The summed E-state index contributed by atoms with van der Waals surface area (Å²) in [4.78, 5) is 2.41. The van der Waals surface area contributed by atoms with Crippen LogP contribution in [0.25, 0.3) is 0 Å². The van der Waals surface area contributed by atoms with E-state index in [0.717, 1.165) is 25.4 Å². The maximum absolute atomic E-state index is 9.26. The maximum Gasteiger partial charge on any atom is 0.0679 e. The molecule has 1 heterocycles. The molecule has 0 aromatic rings. The van der Waals surface area contributed by atoms with Crippen LogP contribution in [0.4, 0.5) is 0 Å². The molecule has 0 unspecified atom stereocenters. The minimum Gasteiger partial charge on any atom is -0.392 e. The normalized spacial score (nSPS) is 34.1. The van der Waals surface area contributed by atoms with Crippen LogP contribution in [-0.4, -0.2) is 35.7 Å². The van der Waals surface area contributed by atoms with E-state index in [2.05, 4.69) is 4.90 Å². The van der Waals surface area contributed by atoms with Crippen molar-refractivity contribution in [1.82, 2.24) is 4.90 Å². The number of hydrogen-bond acceptors (Lipinski definition) is 2. The first kappa shape index (κ1) is 7.56. The van der Waals surface area contributed by atoms with Gasteiger partial charge in [0.15, 0.2) is 0 Å². The van der Waals surface area contributed by atoms with Crippen LogP contribution in [-0.2, 0) is 0 Å². The molecule has 11 heavy (non-hydrogen) atoms. The molecule has 0 aromatic heterocycles. The average molecular weight is 155 g/mol. The van der Waals surface area contributed by atoms with E-state index in [4.69, 9.17) is 0 Å². The van der Waals surface area contributed by atoms with E-state index in [0.29, 0.717) is 0 Å². The van der Waals surface area contributed by atoms with Crippen LogP contribution in [0.15, 0.2) is 0 Å². The van der Waals surface area contributed by atoms with Crippen molar-refractivity contribution in [1.29, 1.82) is 0 Å². The van der Waals surface area contributed by atoms with Crippen molar-refractivity contribution in [3.8, 4) is 0 Å². The van der Waals surface area contributed by atoms with Crippen molar-refractivity contribution < 1.29 is 5.11 Å². The molecule has 1 saturated carbocycles. The van der Waals surface area contributed by atoms with Crippen LogP contribution in [0.3, 0.4) is 0 Å². The van der Waals surface area contributed by atoms with Crippen molar-refractivity contribution in [3.63, 3.8) is 0 Å². The fourth-order valence-corrected chi connectivity index (χ4v) is 2.02. The molecule has 0 bridgehead atoms. The van der Waals surface area contributed by atoms with E-state index in [-0.39, 0.29) is 6.10 Å². The largest absolute Gasteiger partial charge is 0.392 e. The zero-order valence-corrected chi connectivity index (χ0v) is 7.00. The summed E-state index contributed by atoms with van der Waals surface area (Å²) in [5.41, 5.74) is 0. The number of aliphatic hydroxyl groups excluding tert-OH is 1. The summed E-state index contributed by atoms with van der Waals surface area (Å²) in [6.07, 6.45) is 5.24. The molecular formula is C9H17NO. The Bertz CT molecular complexity index is 134. The predicted octanol–water partition coefficient (Wildman–Crippen LogP) is 0.853. The lowest BCUT2D eigenvalue weighted by atomic mass is 9.85. The van der Waals surface area contributed by atoms with Crippen LogP contribution in [0.2, 0.25) is 0 Å². The third-order valence-corrected chi connectivity index (χ3v) is 2.99. The van der Waals surface area contributed by atoms with E-state index >= 15 is 0 Å². The van der Waals surface area contributed by atoms with Gasteiger partial charge in [0, 0.05) is 19.6 Å². The fourth-order valence-electron chi connectivity index (χ4n) is 2.02. The Morgan fingerprint density at radius 1 is 1.27 bits per heavy atom. The van der Waals surface area contributed by atoms with Gasteiger partial charge in [-0.05, 0) is 25.2 Å². The second kappa shape index (κ2) is 3.11. The highest BCUT2D eigenvalue weighted by Crippen LogP contribution is 2.28. The van der Waals surface area contributed by atoms with Crippen LogP contribution >= 0.6 is 0 Å². The first-order valence-corrected chi connectivity index (χ1v) is 4.75. The van der Waals surface area contributed by atoms with Gasteiger partial charge in [-0.15, -0.1) is 0 Å². The van der Waals surface area contributed by atoms with Crippen LogP contribution in [0.1, 0.15) is 25.7 Å². The molecule has 1 aliphatic heterocycles. The topological polar surface area (TPSA) is 23.5 Å². The van der Waals surface area contributed by atoms with E-state index in [1.54, 1.807) is 0 Å². The number of hydrogen-bond donors (Lipinski definition) is 1. The summed E-state index contributed by atoms with van der Waals surface area (Å²) in [6.45, 7) is 3.30. The lowest BCUT2D eigenvalue weighted by Gasteiger charge is -2.29. The summed E-state index contributed by atoms with van der Waals surface area (Å²) in [5.74, 6) is 0.959. The quantitative estimate of drug-likeness (QED) is 0.639. The zero-order valence-electron chi connectivity index (χ0n) is 7.00. The molecule has 1 aliphatic carbocycles. The third kappa shape index (κ3) is 1.74. The van der Waals surface area contributed by atoms with Gasteiger partial charge in [0.25, 0.3) is 0 Å². The lowest BCUT2D eigenvalue weighted by Crippen LogP contribution is -2.31. The minimum absolute atomic E-state index is 0.0323. The Morgan fingerprint density at radius 3 is 2.55 bits per heavy atom. The first-order chi connectivity index (χ1) is 5.34. The molecule has 2 fully saturated rings. The van der Waals surface area contributed by atoms with E-state index in [9.17, 15) is 5.11 Å². The molecule has 2 aliphatic rings. The molecule has 0 amide bonds. The number of β-amino-alcohol motifs (C(OH)–C–C–N with tert-alkyl or cyclic N) is 1. The summed E-state index contributed by atoms with van der Waals surface area (Å²) < 4.78 is 0. The lowest BCUT2D eigenvalue weighted by molar-refractivity contribution is 0.155. The van der Waals surface area contributed by atoms with Gasteiger partial charge in [-0.25, -0.2) is 0 Å². The Balaban J connectivity index is 1.70. The molecule has 2 rings (SSSR count). The Morgan fingerprint density at radius 2 is 2.09 bits per heavy atom.